The normalized spacial score (nSPS) is 32.5. The maximum Gasteiger partial charge on any atom is 0.00351 e. The lowest BCUT2D eigenvalue weighted by atomic mass is 9.88. The molecule has 2 aliphatic rings. The average Bonchev–Trinajstić information content (AvgIpc) is 2.70. The molecular weight excluding hydrogens is 146 g/mol. The Bertz CT molecular complexity index is 126. The van der Waals surface area contributed by atoms with Gasteiger partial charge in [0.1, 0.15) is 0 Å². The van der Waals surface area contributed by atoms with Crippen molar-refractivity contribution in [2.24, 2.45) is 11.3 Å². The Morgan fingerprint density at radius 2 is 1.83 bits per heavy atom. The number of nitrogens with zero attached hydrogens (tertiary/aromatic N) is 1. The summed E-state index contributed by atoms with van der Waals surface area (Å²) in [7, 11) is 2.26. The lowest BCUT2D eigenvalue weighted by Crippen LogP contribution is -2.37. The van der Waals surface area contributed by atoms with Gasteiger partial charge in [0.05, 0.1) is 0 Å². The van der Waals surface area contributed by atoms with Crippen LogP contribution < -0.4 is 0 Å². The van der Waals surface area contributed by atoms with Gasteiger partial charge in [0, 0.05) is 13.1 Å². The van der Waals surface area contributed by atoms with Gasteiger partial charge in [0.2, 0.25) is 0 Å². The summed E-state index contributed by atoms with van der Waals surface area (Å²) in [5.41, 5.74) is 0.798. The molecule has 1 atom stereocenters. The van der Waals surface area contributed by atoms with Crippen molar-refractivity contribution in [1.29, 1.82) is 0 Å². The molecule has 0 aromatic carbocycles. The Hall–Kier alpha value is -0.0400. The zero-order chi connectivity index (χ0) is 9.19. The molecule has 1 nitrogen and oxygen atoms in total. The molecule has 1 saturated heterocycles. The second-order valence-corrected chi connectivity index (χ2v) is 4.51. The number of hydrogen-bond acceptors (Lipinski definition) is 1. The zero-order valence-electron chi connectivity index (χ0n) is 9.06. The van der Waals surface area contributed by atoms with E-state index in [1.165, 1.54) is 32.4 Å². The Labute approximate surface area is 77.1 Å². The molecule has 0 bridgehead atoms. The summed E-state index contributed by atoms with van der Waals surface area (Å²) in [6.45, 7) is 9.08. The van der Waals surface area contributed by atoms with E-state index in [9.17, 15) is 0 Å². The van der Waals surface area contributed by atoms with Crippen LogP contribution in [0.3, 0.4) is 0 Å². The van der Waals surface area contributed by atoms with Crippen LogP contribution in [-0.2, 0) is 0 Å². The minimum Gasteiger partial charge on any atom is -0.306 e. The van der Waals surface area contributed by atoms with E-state index in [1.54, 1.807) is 0 Å². The van der Waals surface area contributed by atoms with Gasteiger partial charge in [-0.25, -0.2) is 0 Å². The van der Waals surface area contributed by atoms with E-state index >= 15 is 0 Å². The predicted molar refractivity (Wildman–Crippen MR) is 54.3 cm³/mol. The Morgan fingerprint density at radius 3 is 2.25 bits per heavy atom. The van der Waals surface area contributed by atoms with Crippen LogP contribution in [0.5, 0.6) is 0 Å². The number of rotatable bonds is 0. The van der Waals surface area contributed by atoms with Crippen LogP contribution >= 0.6 is 0 Å². The molecule has 1 unspecified atom stereocenters. The van der Waals surface area contributed by atoms with Crippen molar-refractivity contribution in [3.05, 3.63) is 0 Å². The fourth-order valence-corrected chi connectivity index (χ4v) is 2.58. The summed E-state index contributed by atoms with van der Waals surface area (Å²) < 4.78 is 0. The van der Waals surface area contributed by atoms with Gasteiger partial charge < -0.3 is 4.90 Å². The van der Waals surface area contributed by atoms with Crippen LogP contribution in [0.1, 0.15) is 40.0 Å². The maximum absolute atomic E-state index is 2.50. The first-order chi connectivity index (χ1) is 5.70. The molecule has 0 aromatic rings. The van der Waals surface area contributed by atoms with Gasteiger partial charge in [-0.3, -0.25) is 0 Å². The van der Waals surface area contributed by atoms with E-state index in [4.69, 9.17) is 0 Å². The molecule has 1 saturated carbocycles. The molecular formula is C11H23N. The smallest absolute Gasteiger partial charge is 0.00351 e. The molecule has 0 radical (unpaired) electrons. The number of piperidine rings is 1. The molecule has 1 aliphatic heterocycles. The highest BCUT2D eigenvalue weighted by molar-refractivity contribution is 4.98. The van der Waals surface area contributed by atoms with Crippen molar-refractivity contribution in [3.63, 3.8) is 0 Å². The first-order valence-corrected chi connectivity index (χ1v) is 5.39. The predicted octanol–water partition coefficient (Wildman–Crippen LogP) is 2.76. The summed E-state index contributed by atoms with van der Waals surface area (Å²) in [4.78, 5) is 2.50. The standard InChI is InChI=1S/C9H17N.C2H6/c1-8-5-9(3-4-9)7-10(2)6-8;1-2/h8H,3-7H2,1-2H3;1-2H3. The topological polar surface area (TPSA) is 3.24 Å². The third-order valence-electron chi connectivity index (χ3n) is 2.97. The van der Waals surface area contributed by atoms with Crippen molar-refractivity contribution in [3.8, 4) is 0 Å². The largest absolute Gasteiger partial charge is 0.306 e. The van der Waals surface area contributed by atoms with Crippen molar-refractivity contribution in [1.82, 2.24) is 4.90 Å². The van der Waals surface area contributed by atoms with Gasteiger partial charge in [-0.2, -0.15) is 0 Å². The van der Waals surface area contributed by atoms with Crippen LogP contribution in [0.4, 0.5) is 0 Å². The highest BCUT2D eigenvalue weighted by Crippen LogP contribution is 2.52. The van der Waals surface area contributed by atoms with Crippen molar-refractivity contribution < 1.29 is 0 Å². The van der Waals surface area contributed by atoms with Gasteiger partial charge in [-0.05, 0) is 37.6 Å². The molecule has 0 aromatic heterocycles. The highest BCUT2D eigenvalue weighted by atomic mass is 15.1. The zero-order valence-corrected chi connectivity index (χ0v) is 9.06. The first kappa shape index (κ1) is 10.0. The van der Waals surface area contributed by atoms with E-state index in [0.29, 0.717) is 0 Å². The molecule has 1 heteroatoms. The molecule has 2 fully saturated rings. The molecule has 1 heterocycles. The molecule has 1 aliphatic carbocycles. The van der Waals surface area contributed by atoms with E-state index < -0.39 is 0 Å². The van der Waals surface area contributed by atoms with Crippen LogP contribution in [-0.4, -0.2) is 25.0 Å². The third-order valence-corrected chi connectivity index (χ3v) is 2.97. The second-order valence-electron chi connectivity index (χ2n) is 4.51. The van der Waals surface area contributed by atoms with Crippen LogP contribution in [0.2, 0.25) is 0 Å². The second kappa shape index (κ2) is 3.78. The highest BCUT2D eigenvalue weighted by Gasteiger charge is 2.46. The number of likely N-dealkylation sites (tertiary alicyclic amines) is 1. The van der Waals surface area contributed by atoms with Gasteiger partial charge in [-0.1, -0.05) is 20.8 Å². The van der Waals surface area contributed by atoms with Gasteiger partial charge in [0.15, 0.2) is 0 Å². The Balaban J connectivity index is 0.000000336. The summed E-state index contributed by atoms with van der Waals surface area (Å²) in [6.07, 6.45) is 4.50. The van der Waals surface area contributed by atoms with E-state index in [0.717, 1.165) is 11.3 Å². The van der Waals surface area contributed by atoms with Crippen molar-refractivity contribution in [2.75, 3.05) is 20.1 Å². The Kier molecular flexibility index (Phi) is 3.16. The molecule has 2 rings (SSSR count). The third kappa shape index (κ3) is 2.22. The molecule has 0 N–H and O–H groups in total. The fraction of sp³-hybridized carbons (Fsp3) is 1.00. The van der Waals surface area contributed by atoms with Crippen LogP contribution in [0.25, 0.3) is 0 Å². The summed E-state index contributed by atoms with van der Waals surface area (Å²) in [6, 6.07) is 0. The van der Waals surface area contributed by atoms with E-state index in [2.05, 4.69) is 18.9 Å². The summed E-state index contributed by atoms with van der Waals surface area (Å²) >= 11 is 0. The van der Waals surface area contributed by atoms with E-state index in [1.807, 2.05) is 13.8 Å². The SMILES string of the molecule is CC.CC1CN(C)CC2(CC2)C1. The molecule has 0 amide bonds. The lowest BCUT2D eigenvalue weighted by Gasteiger charge is -2.34. The van der Waals surface area contributed by atoms with Gasteiger partial charge in [-0.15, -0.1) is 0 Å². The Morgan fingerprint density at radius 1 is 1.25 bits per heavy atom. The first-order valence-electron chi connectivity index (χ1n) is 5.39. The number of hydrogen-bond donors (Lipinski definition) is 0. The van der Waals surface area contributed by atoms with Crippen LogP contribution in [0.15, 0.2) is 0 Å². The van der Waals surface area contributed by atoms with Crippen LogP contribution in [0, 0.1) is 11.3 Å². The minimum absolute atomic E-state index is 0.798. The quantitative estimate of drug-likeness (QED) is 0.539. The van der Waals surface area contributed by atoms with Crippen molar-refractivity contribution >= 4 is 0 Å². The monoisotopic (exact) mass is 169 g/mol. The lowest BCUT2D eigenvalue weighted by molar-refractivity contribution is 0.146. The fourth-order valence-electron chi connectivity index (χ4n) is 2.58. The van der Waals surface area contributed by atoms with E-state index in [-0.39, 0.29) is 0 Å². The van der Waals surface area contributed by atoms with Crippen molar-refractivity contribution in [2.45, 2.75) is 40.0 Å². The van der Waals surface area contributed by atoms with Gasteiger partial charge >= 0.3 is 0 Å². The van der Waals surface area contributed by atoms with Gasteiger partial charge in [0.25, 0.3) is 0 Å². The average molecular weight is 169 g/mol. The maximum atomic E-state index is 2.50. The summed E-state index contributed by atoms with van der Waals surface area (Å²) in [5, 5.41) is 0. The molecule has 12 heavy (non-hydrogen) atoms. The molecule has 72 valence electrons. The minimum atomic E-state index is 0.798. The molecule has 1 spiro atoms. The summed E-state index contributed by atoms with van der Waals surface area (Å²) in [5.74, 6) is 0.946.